The van der Waals surface area contributed by atoms with Crippen molar-refractivity contribution in [2.75, 3.05) is 6.26 Å². The third-order valence-corrected chi connectivity index (χ3v) is 3.35. The van der Waals surface area contributed by atoms with Gasteiger partial charge in [-0.05, 0) is 31.9 Å². The van der Waals surface area contributed by atoms with E-state index in [4.69, 9.17) is 5.26 Å². The Balaban J connectivity index is 2.50. The number of nitrogens with one attached hydrogen (secondary N) is 1. The van der Waals surface area contributed by atoms with Crippen molar-refractivity contribution < 1.29 is 0 Å². The Labute approximate surface area is 90.0 Å². The molecule has 0 aromatic carbocycles. The lowest BCUT2D eigenvalue weighted by Gasteiger charge is -2.15. The van der Waals surface area contributed by atoms with Crippen molar-refractivity contribution in [2.24, 2.45) is 10.9 Å². The van der Waals surface area contributed by atoms with Gasteiger partial charge in [-0.15, -0.1) is 0 Å². The fourth-order valence-corrected chi connectivity index (χ4v) is 2.33. The summed E-state index contributed by atoms with van der Waals surface area (Å²) in [6, 6.07) is 0.348. The van der Waals surface area contributed by atoms with E-state index in [-0.39, 0.29) is 0 Å². The summed E-state index contributed by atoms with van der Waals surface area (Å²) in [6.45, 7) is 2.14. The van der Waals surface area contributed by atoms with Crippen LogP contribution in [0.3, 0.4) is 0 Å². The third kappa shape index (κ3) is 3.22. The maximum absolute atomic E-state index is 8.49. The molecule has 3 nitrogen and oxygen atoms in total. The molecule has 0 aromatic heterocycles. The summed E-state index contributed by atoms with van der Waals surface area (Å²) in [5, 5.41) is 11.8. The van der Waals surface area contributed by atoms with Gasteiger partial charge in [0, 0.05) is 0 Å². The molecule has 1 saturated carbocycles. The van der Waals surface area contributed by atoms with Crippen molar-refractivity contribution in [2.45, 2.75) is 38.6 Å². The predicted molar refractivity (Wildman–Crippen MR) is 61.1 cm³/mol. The highest BCUT2D eigenvalue weighted by Gasteiger charge is 2.21. The molecular formula is C10H17N3S. The lowest BCUT2D eigenvalue weighted by molar-refractivity contribution is 0.460. The van der Waals surface area contributed by atoms with E-state index >= 15 is 0 Å². The van der Waals surface area contributed by atoms with Gasteiger partial charge in [0.2, 0.25) is 0 Å². The molecule has 1 rings (SSSR count). The van der Waals surface area contributed by atoms with Gasteiger partial charge in [-0.2, -0.15) is 5.26 Å². The fourth-order valence-electron chi connectivity index (χ4n) is 1.91. The zero-order valence-electron chi connectivity index (χ0n) is 8.79. The first-order valence-electron chi connectivity index (χ1n) is 5.04. The lowest BCUT2D eigenvalue weighted by atomic mass is 10.0. The van der Waals surface area contributed by atoms with Crippen LogP contribution >= 0.6 is 11.8 Å². The summed E-state index contributed by atoms with van der Waals surface area (Å²) in [4.78, 5) is 4.51. The first kappa shape index (κ1) is 11.4. The van der Waals surface area contributed by atoms with Crippen molar-refractivity contribution in [3.8, 4) is 6.19 Å². The highest BCUT2D eigenvalue weighted by Crippen LogP contribution is 2.29. The van der Waals surface area contributed by atoms with Crippen LogP contribution in [0.4, 0.5) is 0 Å². The Morgan fingerprint density at radius 2 is 2.21 bits per heavy atom. The molecule has 1 atom stereocenters. The number of amidine groups is 1. The predicted octanol–water partition coefficient (Wildman–Crippen LogP) is 2.35. The summed E-state index contributed by atoms with van der Waals surface area (Å²) in [5.74, 6) is 0.720. The van der Waals surface area contributed by atoms with Gasteiger partial charge < -0.3 is 0 Å². The molecule has 0 spiro atoms. The van der Waals surface area contributed by atoms with Gasteiger partial charge in [0.1, 0.15) is 0 Å². The molecule has 4 heteroatoms. The Morgan fingerprint density at radius 1 is 1.57 bits per heavy atom. The molecule has 0 aliphatic heterocycles. The van der Waals surface area contributed by atoms with Gasteiger partial charge in [0.05, 0.1) is 6.04 Å². The topological polar surface area (TPSA) is 48.2 Å². The summed E-state index contributed by atoms with van der Waals surface area (Å²) < 4.78 is 0. The van der Waals surface area contributed by atoms with E-state index in [2.05, 4.69) is 17.2 Å². The molecule has 14 heavy (non-hydrogen) atoms. The Kier molecular flexibility index (Phi) is 4.81. The van der Waals surface area contributed by atoms with E-state index in [1.54, 1.807) is 0 Å². The van der Waals surface area contributed by atoms with Crippen LogP contribution in [0.2, 0.25) is 0 Å². The molecule has 0 amide bonds. The van der Waals surface area contributed by atoms with Gasteiger partial charge in [-0.3, -0.25) is 10.3 Å². The van der Waals surface area contributed by atoms with Crippen LogP contribution in [-0.2, 0) is 0 Å². The smallest absolute Gasteiger partial charge is 0.183 e. The van der Waals surface area contributed by atoms with E-state index < -0.39 is 0 Å². The Bertz CT molecular complexity index is 238. The monoisotopic (exact) mass is 211 g/mol. The quantitative estimate of drug-likeness (QED) is 0.330. The van der Waals surface area contributed by atoms with Crippen LogP contribution in [0.1, 0.15) is 32.6 Å². The number of nitrogens with zero attached hydrogens (tertiary/aromatic N) is 2. The Morgan fingerprint density at radius 3 is 2.71 bits per heavy atom. The molecular weight excluding hydrogens is 194 g/mol. The molecule has 0 aromatic rings. The highest BCUT2D eigenvalue weighted by molar-refractivity contribution is 8.13. The number of aliphatic imine (C=N–C) groups is 1. The summed E-state index contributed by atoms with van der Waals surface area (Å²) in [7, 11) is 0. The number of rotatable bonds is 2. The normalized spacial score (nSPS) is 20.5. The van der Waals surface area contributed by atoms with E-state index in [0.717, 1.165) is 11.1 Å². The first-order valence-corrected chi connectivity index (χ1v) is 6.27. The van der Waals surface area contributed by atoms with Crippen LogP contribution in [-0.4, -0.2) is 17.5 Å². The minimum absolute atomic E-state index is 0.348. The first-order chi connectivity index (χ1) is 6.77. The lowest BCUT2D eigenvalue weighted by Crippen LogP contribution is -2.19. The molecule has 1 fully saturated rings. The van der Waals surface area contributed by atoms with Crippen molar-refractivity contribution in [1.82, 2.24) is 5.32 Å². The average molecular weight is 211 g/mol. The van der Waals surface area contributed by atoms with Crippen LogP contribution in [0.15, 0.2) is 4.99 Å². The number of thioether (sulfide) groups is 1. The second kappa shape index (κ2) is 5.92. The molecule has 78 valence electrons. The van der Waals surface area contributed by atoms with Crippen LogP contribution in [0.25, 0.3) is 0 Å². The fraction of sp³-hybridized carbons (Fsp3) is 0.800. The van der Waals surface area contributed by atoms with Gasteiger partial charge in [0.25, 0.3) is 0 Å². The molecule has 1 N–H and O–H groups in total. The zero-order chi connectivity index (χ0) is 10.4. The van der Waals surface area contributed by atoms with Crippen LogP contribution in [0, 0.1) is 17.4 Å². The zero-order valence-corrected chi connectivity index (χ0v) is 9.60. The largest absolute Gasteiger partial charge is 0.272 e. The third-order valence-electron chi connectivity index (χ3n) is 2.76. The molecule has 1 aliphatic carbocycles. The van der Waals surface area contributed by atoms with Crippen molar-refractivity contribution in [3.63, 3.8) is 0 Å². The minimum Gasteiger partial charge on any atom is -0.272 e. The van der Waals surface area contributed by atoms with Gasteiger partial charge >= 0.3 is 0 Å². The van der Waals surface area contributed by atoms with Crippen molar-refractivity contribution in [3.05, 3.63) is 0 Å². The maximum atomic E-state index is 8.49. The number of nitriles is 1. The van der Waals surface area contributed by atoms with E-state index in [1.165, 1.54) is 37.4 Å². The molecule has 1 unspecified atom stereocenters. The summed E-state index contributed by atoms with van der Waals surface area (Å²) in [6.07, 6.45) is 9.11. The standard InChI is InChI=1S/C10H17N3S/c1-8(9-5-3-4-6-9)13-10(14-2)12-7-11/h8-9H,3-6H2,1-2H3,(H,12,13). The summed E-state index contributed by atoms with van der Waals surface area (Å²) in [5.41, 5.74) is 0. The highest BCUT2D eigenvalue weighted by atomic mass is 32.2. The SMILES string of the molecule is CSC(=NC(C)C1CCCC1)NC#N. The minimum atomic E-state index is 0.348. The van der Waals surface area contributed by atoms with E-state index in [9.17, 15) is 0 Å². The summed E-state index contributed by atoms with van der Waals surface area (Å²) >= 11 is 1.50. The van der Waals surface area contributed by atoms with Gasteiger partial charge in [-0.1, -0.05) is 24.6 Å². The maximum Gasteiger partial charge on any atom is 0.183 e. The number of hydrogen-bond donors (Lipinski definition) is 1. The molecule has 0 bridgehead atoms. The van der Waals surface area contributed by atoms with Crippen molar-refractivity contribution >= 4 is 16.9 Å². The van der Waals surface area contributed by atoms with E-state index in [1.807, 2.05) is 12.4 Å². The van der Waals surface area contributed by atoms with Gasteiger partial charge in [-0.25, -0.2) is 0 Å². The second-order valence-corrected chi connectivity index (χ2v) is 4.46. The molecule has 1 aliphatic rings. The van der Waals surface area contributed by atoms with Crippen LogP contribution < -0.4 is 5.32 Å². The van der Waals surface area contributed by atoms with Crippen molar-refractivity contribution in [1.29, 1.82) is 5.26 Å². The number of hydrogen-bond acceptors (Lipinski definition) is 3. The van der Waals surface area contributed by atoms with Crippen LogP contribution in [0.5, 0.6) is 0 Å². The second-order valence-electron chi connectivity index (χ2n) is 3.66. The van der Waals surface area contributed by atoms with E-state index in [0.29, 0.717) is 6.04 Å². The van der Waals surface area contributed by atoms with Gasteiger partial charge in [0.15, 0.2) is 11.4 Å². The molecule has 0 heterocycles. The molecule has 0 radical (unpaired) electrons. The Hall–Kier alpha value is -0.690. The average Bonchev–Trinajstić information content (AvgIpc) is 2.69. The molecule has 0 saturated heterocycles.